The van der Waals surface area contributed by atoms with Gasteiger partial charge in [0.05, 0.1) is 0 Å². The fourth-order valence-corrected chi connectivity index (χ4v) is 3.24. The largest absolute Gasteiger partial charge is 0.311 e. The van der Waals surface area contributed by atoms with Crippen molar-refractivity contribution in [2.75, 3.05) is 0 Å². The molecule has 1 N–H and O–H groups in total. The Morgan fingerprint density at radius 1 is 1.00 bits per heavy atom. The lowest BCUT2D eigenvalue weighted by Gasteiger charge is -2.43. The van der Waals surface area contributed by atoms with E-state index >= 15 is 0 Å². The van der Waals surface area contributed by atoms with Crippen molar-refractivity contribution >= 4 is 0 Å². The number of rotatable bonds is 3. The zero-order chi connectivity index (χ0) is 11.8. The van der Waals surface area contributed by atoms with E-state index in [2.05, 4.69) is 33.0 Å². The highest BCUT2D eigenvalue weighted by Gasteiger charge is 2.34. The smallest absolute Gasteiger partial charge is 0.00751 e. The molecule has 0 bridgehead atoms. The maximum Gasteiger partial charge on any atom is 0.00751 e. The van der Waals surface area contributed by atoms with Crippen LogP contribution in [0.4, 0.5) is 0 Å². The molecule has 0 heterocycles. The maximum absolute atomic E-state index is 3.88. The summed E-state index contributed by atoms with van der Waals surface area (Å²) in [6.07, 6.45) is 8.47. The molecule has 1 nitrogen and oxygen atoms in total. The molecule has 94 valence electrons. The first kappa shape index (κ1) is 12.4. The van der Waals surface area contributed by atoms with Gasteiger partial charge in [-0.05, 0) is 55.8 Å². The summed E-state index contributed by atoms with van der Waals surface area (Å²) in [5.74, 6) is 1.89. The van der Waals surface area contributed by atoms with E-state index in [1.54, 1.807) is 0 Å². The molecule has 2 aliphatic carbocycles. The van der Waals surface area contributed by atoms with Gasteiger partial charge in [0.15, 0.2) is 0 Å². The monoisotopic (exact) mass is 223 g/mol. The topological polar surface area (TPSA) is 12.0 Å². The summed E-state index contributed by atoms with van der Waals surface area (Å²) >= 11 is 0. The normalized spacial score (nSPS) is 35.1. The predicted molar refractivity (Wildman–Crippen MR) is 70.5 cm³/mol. The van der Waals surface area contributed by atoms with Crippen molar-refractivity contribution in [3.05, 3.63) is 0 Å². The van der Waals surface area contributed by atoms with Gasteiger partial charge in [-0.3, -0.25) is 0 Å². The Hall–Kier alpha value is -0.0400. The molecule has 1 heteroatoms. The Labute approximate surface area is 101 Å². The molecule has 0 radical (unpaired) electrons. The van der Waals surface area contributed by atoms with Gasteiger partial charge in [0.1, 0.15) is 0 Å². The molecule has 0 aromatic carbocycles. The zero-order valence-corrected chi connectivity index (χ0v) is 11.6. The average Bonchev–Trinajstić information content (AvgIpc) is 2.12. The van der Waals surface area contributed by atoms with Gasteiger partial charge >= 0.3 is 0 Å². The van der Waals surface area contributed by atoms with E-state index in [0.29, 0.717) is 5.41 Å². The van der Waals surface area contributed by atoms with Gasteiger partial charge in [-0.15, -0.1) is 0 Å². The molecule has 0 aromatic heterocycles. The Morgan fingerprint density at radius 2 is 1.56 bits per heavy atom. The molecule has 16 heavy (non-hydrogen) atoms. The average molecular weight is 223 g/mol. The summed E-state index contributed by atoms with van der Waals surface area (Å²) in [7, 11) is 0. The molecule has 2 rings (SSSR count). The second kappa shape index (κ2) is 4.68. The van der Waals surface area contributed by atoms with Gasteiger partial charge in [0, 0.05) is 12.1 Å². The van der Waals surface area contributed by atoms with Crippen molar-refractivity contribution in [1.82, 2.24) is 5.32 Å². The van der Waals surface area contributed by atoms with E-state index in [-0.39, 0.29) is 0 Å². The number of hydrogen-bond donors (Lipinski definition) is 1. The van der Waals surface area contributed by atoms with E-state index in [4.69, 9.17) is 0 Å². The minimum Gasteiger partial charge on any atom is -0.311 e. The Bertz CT molecular complexity index is 216. The van der Waals surface area contributed by atoms with Gasteiger partial charge in [-0.25, -0.2) is 0 Å². The molecule has 2 aliphatic rings. The Kier molecular flexibility index (Phi) is 3.63. The van der Waals surface area contributed by atoms with Crippen LogP contribution >= 0.6 is 0 Å². The van der Waals surface area contributed by atoms with E-state index in [0.717, 1.165) is 23.9 Å². The van der Waals surface area contributed by atoms with Crippen LogP contribution in [0.2, 0.25) is 0 Å². The van der Waals surface area contributed by atoms with E-state index in [1.165, 1.54) is 38.5 Å². The highest BCUT2D eigenvalue weighted by molar-refractivity contribution is 4.91. The summed E-state index contributed by atoms with van der Waals surface area (Å²) in [6, 6.07) is 1.67. The van der Waals surface area contributed by atoms with Crippen LogP contribution in [0.3, 0.4) is 0 Å². The molecule has 0 unspecified atom stereocenters. The van der Waals surface area contributed by atoms with Crippen molar-refractivity contribution in [2.45, 2.75) is 78.3 Å². The summed E-state index contributed by atoms with van der Waals surface area (Å²) in [4.78, 5) is 0. The standard InChI is InChI=1S/C15H29N/c1-11(2)12-9-14(10-12)16-13-5-7-15(3,4)8-6-13/h11-14,16H,5-10H2,1-4H3. The van der Waals surface area contributed by atoms with Crippen LogP contribution < -0.4 is 5.32 Å². The maximum atomic E-state index is 3.88. The predicted octanol–water partition coefficient (Wildman–Crippen LogP) is 3.98. The van der Waals surface area contributed by atoms with Gasteiger partial charge in [-0.1, -0.05) is 27.7 Å². The highest BCUT2D eigenvalue weighted by Crippen LogP contribution is 2.38. The third-order valence-corrected chi connectivity index (χ3v) is 4.93. The first-order chi connectivity index (χ1) is 7.46. The SMILES string of the molecule is CC(C)C1CC(NC2CCC(C)(C)CC2)C1. The molecule has 2 saturated carbocycles. The van der Waals surface area contributed by atoms with Gasteiger partial charge in [0.25, 0.3) is 0 Å². The van der Waals surface area contributed by atoms with Crippen molar-refractivity contribution in [2.24, 2.45) is 17.3 Å². The Morgan fingerprint density at radius 3 is 2.06 bits per heavy atom. The van der Waals surface area contributed by atoms with Crippen molar-refractivity contribution in [3.8, 4) is 0 Å². The summed E-state index contributed by atoms with van der Waals surface area (Å²) in [5, 5.41) is 3.88. The van der Waals surface area contributed by atoms with Crippen LogP contribution in [0.25, 0.3) is 0 Å². The first-order valence-electron chi connectivity index (χ1n) is 7.22. The number of nitrogens with one attached hydrogen (secondary N) is 1. The first-order valence-corrected chi connectivity index (χ1v) is 7.22. The Balaban J connectivity index is 1.66. The van der Waals surface area contributed by atoms with Gasteiger partial charge in [-0.2, -0.15) is 0 Å². The lowest BCUT2D eigenvalue weighted by Crippen LogP contribution is -2.49. The molecule has 0 atom stereocenters. The zero-order valence-electron chi connectivity index (χ0n) is 11.6. The van der Waals surface area contributed by atoms with Crippen molar-refractivity contribution in [3.63, 3.8) is 0 Å². The van der Waals surface area contributed by atoms with Crippen molar-refractivity contribution in [1.29, 1.82) is 0 Å². The summed E-state index contributed by atoms with van der Waals surface area (Å²) in [6.45, 7) is 9.57. The van der Waals surface area contributed by atoms with Crippen LogP contribution in [0.5, 0.6) is 0 Å². The van der Waals surface area contributed by atoms with Crippen molar-refractivity contribution < 1.29 is 0 Å². The second-order valence-electron chi connectivity index (χ2n) is 7.28. The molecule has 0 saturated heterocycles. The molecule has 0 aliphatic heterocycles. The van der Waals surface area contributed by atoms with Crippen LogP contribution in [0, 0.1) is 17.3 Å². The fourth-order valence-electron chi connectivity index (χ4n) is 3.24. The minimum atomic E-state index is 0.609. The van der Waals surface area contributed by atoms with E-state index < -0.39 is 0 Å². The molecule has 0 amide bonds. The van der Waals surface area contributed by atoms with Crippen LogP contribution in [0.1, 0.15) is 66.2 Å². The fraction of sp³-hybridized carbons (Fsp3) is 1.00. The van der Waals surface area contributed by atoms with Gasteiger partial charge < -0.3 is 5.32 Å². The molecule has 2 fully saturated rings. The third kappa shape index (κ3) is 3.00. The molecule has 0 aromatic rings. The quantitative estimate of drug-likeness (QED) is 0.763. The summed E-state index contributed by atoms with van der Waals surface area (Å²) in [5.41, 5.74) is 0.609. The molecule has 0 spiro atoms. The number of hydrogen-bond acceptors (Lipinski definition) is 1. The highest BCUT2D eigenvalue weighted by atomic mass is 15.0. The lowest BCUT2D eigenvalue weighted by molar-refractivity contribution is 0.130. The van der Waals surface area contributed by atoms with E-state index in [1.807, 2.05) is 0 Å². The van der Waals surface area contributed by atoms with E-state index in [9.17, 15) is 0 Å². The molecular weight excluding hydrogens is 194 g/mol. The van der Waals surface area contributed by atoms with Crippen LogP contribution in [-0.2, 0) is 0 Å². The second-order valence-corrected chi connectivity index (χ2v) is 7.28. The molecular formula is C15H29N. The van der Waals surface area contributed by atoms with Gasteiger partial charge in [0.2, 0.25) is 0 Å². The third-order valence-electron chi connectivity index (χ3n) is 4.93. The van der Waals surface area contributed by atoms with Crippen LogP contribution in [-0.4, -0.2) is 12.1 Å². The van der Waals surface area contributed by atoms with Crippen LogP contribution in [0.15, 0.2) is 0 Å². The summed E-state index contributed by atoms with van der Waals surface area (Å²) < 4.78 is 0. The lowest BCUT2D eigenvalue weighted by atomic mass is 9.72. The minimum absolute atomic E-state index is 0.609.